The lowest BCUT2D eigenvalue weighted by Gasteiger charge is -2.36. The zero-order chi connectivity index (χ0) is 18.9. The van der Waals surface area contributed by atoms with Gasteiger partial charge in [-0.25, -0.2) is 4.31 Å². The Morgan fingerprint density at radius 2 is 1.67 bits per heavy atom. The quantitative estimate of drug-likeness (QED) is 0.714. The van der Waals surface area contributed by atoms with Crippen LogP contribution in [-0.2, 0) is 12.7 Å². The van der Waals surface area contributed by atoms with E-state index in [0.717, 1.165) is 51.9 Å². The molecule has 0 unspecified atom stereocenters. The lowest BCUT2D eigenvalue weighted by molar-refractivity contribution is -0.137. The largest absolute Gasteiger partial charge is 0.416 e. The maximum absolute atomic E-state index is 12.9. The molecule has 4 rings (SSSR count). The van der Waals surface area contributed by atoms with E-state index in [2.05, 4.69) is 33.5 Å². The predicted molar refractivity (Wildman–Crippen MR) is 103 cm³/mol. The van der Waals surface area contributed by atoms with Crippen molar-refractivity contribution in [3.05, 3.63) is 59.7 Å². The van der Waals surface area contributed by atoms with Crippen molar-refractivity contribution in [3.63, 3.8) is 0 Å². The molecule has 0 aromatic heterocycles. The van der Waals surface area contributed by atoms with E-state index in [9.17, 15) is 13.2 Å². The van der Waals surface area contributed by atoms with Crippen molar-refractivity contribution in [2.75, 3.05) is 44.2 Å². The summed E-state index contributed by atoms with van der Waals surface area (Å²) >= 11 is 1.82. The zero-order valence-corrected chi connectivity index (χ0v) is 15.8. The van der Waals surface area contributed by atoms with Gasteiger partial charge in [0.1, 0.15) is 0 Å². The highest BCUT2D eigenvalue weighted by Gasteiger charge is 2.31. The number of nitrogens with zero attached hydrogens (tertiary/aromatic N) is 3. The molecule has 2 aliphatic heterocycles. The molecule has 0 atom stereocenters. The minimum Gasteiger partial charge on any atom is -0.369 e. The number of alkyl halides is 3. The molecule has 0 N–H and O–H groups in total. The van der Waals surface area contributed by atoms with Gasteiger partial charge in [0.05, 0.1) is 5.56 Å². The first-order valence-electron chi connectivity index (χ1n) is 9.14. The third kappa shape index (κ3) is 4.42. The number of hydrogen-bond acceptors (Lipinski definition) is 4. The fraction of sp³-hybridized carbons (Fsp3) is 0.400. The maximum Gasteiger partial charge on any atom is 0.416 e. The molecule has 7 heteroatoms. The Labute approximate surface area is 161 Å². The number of fused-ring (bicyclic) bond motifs is 1. The van der Waals surface area contributed by atoms with Crippen molar-refractivity contribution in [1.29, 1.82) is 0 Å². The van der Waals surface area contributed by atoms with Crippen LogP contribution in [-0.4, -0.2) is 48.5 Å². The van der Waals surface area contributed by atoms with E-state index in [4.69, 9.17) is 0 Å². The van der Waals surface area contributed by atoms with Crippen LogP contribution in [0.1, 0.15) is 11.1 Å². The highest BCUT2D eigenvalue weighted by molar-refractivity contribution is 7.97. The Hall–Kier alpha value is -1.70. The molecular weight excluding hydrogens is 371 g/mol. The van der Waals surface area contributed by atoms with Crippen LogP contribution >= 0.6 is 11.9 Å². The van der Waals surface area contributed by atoms with Crippen molar-refractivity contribution in [2.24, 2.45) is 0 Å². The van der Waals surface area contributed by atoms with Crippen LogP contribution in [0.2, 0.25) is 0 Å². The van der Waals surface area contributed by atoms with Gasteiger partial charge in [-0.15, -0.1) is 0 Å². The van der Waals surface area contributed by atoms with Crippen molar-refractivity contribution in [1.82, 2.24) is 9.21 Å². The fourth-order valence-corrected chi connectivity index (χ4v) is 4.62. The van der Waals surface area contributed by atoms with E-state index in [0.29, 0.717) is 5.69 Å². The maximum atomic E-state index is 12.9. The Bertz CT molecular complexity index is 763. The standard InChI is InChI=1S/C20H22F3N3S/c21-20(22,23)17-5-3-6-18(14-17)25-11-8-24(9-12-25)10-13-26-15-16-4-1-2-7-19(16)27-26/h1-7,14H,8-13,15H2. The summed E-state index contributed by atoms with van der Waals surface area (Å²) in [7, 11) is 0. The number of benzene rings is 2. The summed E-state index contributed by atoms with van der Waals surface area (Å²) in [5.41, 5.74) is 1.47. The van der Waals surface area contributed by atoms with E-state index in [-0.39, 0.29) is 0 Å². The summed E-state index contributed by atoms with van der Waals surface area (Å²) in [5.74, 6) is 0. The van der Waals surface area contributed by atoms with Gasteiger partial charge in [-0.2, -0.15) is 13.2 Å². The molecule has 2 aromatic carbocycles. The second-order valence-electron chi connectivity index (χ2n) is 6.94. The second kappa shape index (κ2) is 7.73. The molecule has 0 bridgehead atoms. The SMILES string of the molecule is FC(F)(F)c1cccc(N2CCN(CCN3Cc4ccccc4S3)CC2)c1. The molecule has 2 heterocycles. The Morgan fingerprint density at radius 1 is 0.889 bits per heavy atom. The molecule has 3 nitrogen and oxygen atoms in total. The average Bonchev–Trinajstić information content (AvgIpc) is 3.09. The lowest BCUT2D eigenvalue weighted by atomic mass is 10.1. The molecule has 2 aliphatic rings. The molecule has 0 aliphatic carbocycles. The molecular formula is C20H22F3N3S. The first-order valence-corrected chi connectivity index (χ1v) is 9.92. The molecule has 27 heavy (non-hydrogen) atoms. The van der Waals surface area contributed by atoms with Crippen molar-refractivity contribution >= 4 is 17.6 Å². The summed E-state index contributed by atoms with van der Waals surface area (Å²) in [6.07, 6.45) is -4.29. The third-order valence-corrected chi connectivity index (χ3v) is 6.29. The molecule has 0 amide bonds. The minimum absolute atomic E-state index is 0.576. The zero-order valence-electron chi connectivity index (χ0n) is 15.0. The monoisotopic (exact) mass is 393 g/mol. The number of anilines is 1. The van der Waals surface area contributed by atoms with Crippen LogP contribution in [0.4, 0.5) is 18.9 Å². The van der Waals surface area contributed by atoms with Gasteiger partial charge in [0.25, 0.3) is 0 Å². The average molecular weight is 393 g/mol. The van der Waals surface area contributed by atoms with Gasteiger partial charge in [-0.1, -0.05) is 24.3 Å². The van der Waals surface area contributed by atoms with E-state index >= 15 is 0 Å². The van der Waals surface area contributed by atoms with Gasteiger partial charge < -0.3 is 4.90 Å². The third-order valence-electron chi connectivity index (χ3n) is 5.12. The Morgan fingerprint density at radius 3 is 2.41 bits per heavy atom. The Balaban J connectivity index is 1.26. The smallest absolute Gasteiger partial charge is 0.369 e. The summed E-state index contributed by atoms with van der Waals surface area (Å²) in [6.45, 7) is 6.22. The summed E-state index contributed by atoms with van der Waals surface area (Å²) in [6, 6.07) is 14.1. The number of piperazine rings is 1. The van der Waals surface area contributed by atoms with E-state index in [1.165, 1.54) is 22.6 Å². The van der Waals surface area contributed by atoms with Gasteiger partial charge in [-0.05, 0) is 41.8 Å². The molecule has 2 aromatic rings. The molecule has 144 valence electrons. The fourth-order valence-electron chi connectivity index (χ4n) is 3.57. The van der Waals surface area contributed by atoms with E-state index in [1.807, 2.05) is 16.8 Å². The highest BCUT2D eigenvalue weighted by Crippen LogP contribution is 2.35. The minimum atomic E-state index is -4.29. The number of halogens is 3. The van der Waals surface area contributed by atoms with Crippen molar-refractivity contribution in [3.8, 4) is 0 Å². The molecule has 0 radical (unpaired) electrons. The molecule has 1 saturated heterocycles. The topological polar surface area (TPSA) is 9.72 Å². The van der Waals surface area contributed by atoms with Crippen LogP contribution < -0.4 is 4.90 Å². The summed E-state index contributed by atoms with van der Waals surface area (Å²) in [4.78, 5) is 5.78. The van der Waals surface area contributed by atoms with Gasteiger partial charge in [-0.3, -0.25) is 4.90 Å². The molecule has 1 fully saturated rings. The molecule has 0 saturated carbocycles. The van der Waals surface area contributed by atoms with Crippen molar-refractivity contribution < 1.29 is 13.2 Å². The number of hydrogen-bond donors (Lipinski definition) is 0. The van der Waals surface area contributed by atoms with Crippen LogP contribution in [0.25, 0.3) is 0 Å². The van der Waals surface area contributed by atoms with Crippen LogP contribution in [0.15, 0.2) is 53.4 Å². The van der Waals surface area contributed by atoms with Crippen LogP contribution in [0.3, 0.4) is 0 Å². The van der Waals surface area contributed by atoms with Gasteiger partial charge in [0.15, 0.2) is 0 Å². The highest BCUT2D eigenvalue weighted by atomic mass is 32.2. The van der Waals surface area contributed by atoms with Crippen LogP contribution in [0.5, 0.6) is 0 Å². The predicted octanol–water partition coefficient (Wildman–Crippen LogP) is 4.35. The van der Waals surface area contributed by atoms with Crippen LogP contribution in [0, 0.1) is 0 Å². The summed E-state index contributed by atoms with van der Waals surface area (Å²) in [5, 5.41) is 0. The summed E-state index contributed by atoms with van der Waals surface area (Å²) < 4.78 is 41.1. The van der Waals surface area contributed by atoms with E-state index < -0.39 is 11.7 Å². The first-order chi connectivity index (χ1) is 13.0. The lowest BCUT2D eigenvalue weighted by Crippen LogP contribution is -2.48. The van der Waals surface area contributed by atoms with Crippen molar-refractivity contribution in [2.45, 2.75) is 17.6 Å². The van der Waals surface area contributed by atoms with Gasteiger partial charge >= 0.3 is 6.18 Å². The number of rotatable bonds is 4. The van der Waals surface area contributed by atoms with Gasteiger partial charge in [0, 0.05) is 56.4 Å². The van der Waals surface area contributed by atoms with E-state index in [1.54, 1.807) is 6.07 Å². The van der Waals surface area contributed by atoms with Gasteiger partial charge in [0.2, 0.25) is 0 Å². The Kier molecular flexibility index (Phi) is 5.34. The first kappa shape index (κ1) is 18.7. The second-order valence-corrected chi connectivity index (χ2v) is 8.08. The normalized spacial score (nSPS) is 18.7. The molecule has 0 spiro atoms.